The molecule has 1 fully saturated rings. The third-order valence-electron chi connectivity index (χ3n) is 3.58. The molecule has 0 saturated heterocycles. The minimum atomic E-state index is -0.134. The Bertz CT molecular complexity index is 377. The van der Waals surface area contributed by atoms with Crippen molar-refractivity contribution >= 4 is 5.69 Å². The Labute approximate surface area is 109 Å². The molecule has 0 amide bonds. The summed E-state index contributed by atoms with van der Waals surface area (Å²) in [6, 6.07) is 7.49. The lowest BCUT2D eigenvalue weighted by molar-refractivity contribution is 0.461. The maximum absolute atomic E-state index is 13.7. The maximum atomic E-state index is 13.7. The summed E-state index contributed by atoms with van der Waals surface area (Å²) in [6.07, 6.45) is 3.77. The number of para-hydroxylation sites is 1. The van der Waals surface area contributed by atoms with E-state index in [0.29, 0.717) is 11.7 Å². The highest BCUT2D eigenvalue weighted by molar-refractivity contribution is 5.46. The molecule has 0 spiro atoms. The third kappa shape index (κ3) is 3.45. The minimum Gasteiger partial charge on any atom is -0.371 e. The topological polar surface area (TPSA) is 15.3 Å². The average molecular weight is 250 g/mol. The lowest BCUT2D eigenvalue weighted by Crippen LogP contribution is -2.41. The van der Waals surface area contributed by atoms with Gasteiger partial charge in [-0.2, -0.15) is 0 Å². The number of nitrogens with zero attached hydrogens (tertiary/aromatic N) is 1. The highest BCUT2D eigenvalue weighted by Crippen LogP contribution is 2.33. The quantitative estimate of drug-likeness (QED) is 0.800. The molecule has 1 unspecified atom stereocenters. The van der Waals surface area contributed by atoms with Crippen molar-refractivity contribution in [3.05, 3.63) is 30.1 Å². The first-order valence-corrected chi connectivity index (χ1v) is 6.91. The van der Waals surface area contributed by atoms with E-state index in [-0.39, 0.29) is 5.82 Å². The predicted octanol–water partition coefficient (Wildman–Crippen LogP) is 3.04. The van der Waals surface area contributed by atoms with E-state index in [0.717, 1.165) is 25.4 Å². The molecule has 0 radical (unpaired) electrons. The summed E-state index contributed by atoms with van der Waals surface area (Å²) < 4.78 is 13.7. The molecule has 1 atom stereocenters. The van der Waals surface area contributed by atoms with E-state index in [9.17, 15) is 4.39 Å². The zero-order chi connectivity index (χ0) is 13.0. The normalized spacial score (nSPS) is 16.6. The van der Waals surface area contributed by atoms with Gasteiger partial charge < -0.3 is 10.2 Å². The molecule has 2 rings (SSSR count). The van der Waals surface area contributed by atoms with E-state index in [1.54, 1.807) is 6.07 Å². The zero-order valence-corrected chi connectivity index (χ0v) is 11.3. The van der Waals surface area contributed by atoms with Crippen molar-refractivity contribution in [1.29, 1.82) is 0 Å². The van der Waals surface area contributed by atoms with E-state index in [4.69, 9.17) is 0 Å². The Morgan fingerprint density at radius 1 is 1.39 bits per heavy atom. The first-order valence-electron chi connectivity index (χ1n) is 6.91. The molecule has 100 valence electrons. The molecule has 1 aromatic rings. The van der Waals surface area contributed by atoms with Crippen LogP contribution in [0.15, 0.2) is 24.3 Å². The van der Waals surface area contributed by atoms with Crippen LogP contribution in [-0.4, -0.2) is 26.2 Å². The second-order valence-electron chi connectivity index (χ2n) is 5.23. The van der Waals surface area contributed by atoms with Gasteiger partial charge in [-0.05, 0) is 43.9 Å². The Morgan fingerprint density at radius 2 is 2.11 bits per heavy atom. The van der Waals surface area contributed by atoms with Crippen LogP contribution in [0.1, 0.15) is 26.2 Å². The fourth-order valence-corrected chi connectivity index (χ4v) is 2.36. The number of hydrogen-bond acceptors (Lipinski definition) is 2. The SMILES string of the molecule is CCCNC(CN(C)c1ccccc1F)C1CC1. The monoisotopic (exact) mass is 250 g/mol. The summed E-state index contributed by atoms with van der Waals surface area (Å²) in [5.41, 5.74) is 0.696. The van der Waals surface area contributed by atoms with Crippen LogP contribution in [0.3, 0.4) is 0 Å². The van der Waals surface area contributed by atoms with Crippen LogP contribution in [0.2, 0.25) is 0 Å². The fraction of sp³-hybridized carbons (Fsp3) is 0.600. The molecular weight excluding hydrogens is 227 g/mol. The molecule has 0 aliphatic heterocycles. The minimum absolute atomic E-state index is 0.134. The molecule has 0 aromatic heterocycles. The van der Waals surface area contributed by atoms with Crippen molar-refractivity contribution in [3.8, 4) is 0 Å². The summed E-state index contributed by atoms with van der Waals surface area (Å²) in [5.74, 6) is 0.649. The summed E-state index contributed by atoms with van der Waals surface area (Å²) in [4.78, 5) is 2.03. The van der Waals surface area contributed by atoms with Crippen molar-refractivity contribution in [2.45, 2.75) is 32.2 Å². The van der Waals surface area contributed by atoms with Gasteiger partial charge in [-0.1, -0.05) is 19.1 Å². The van der Waals surface area contributed by atoms with E-state index < -0.39 is 0 Å². The van der Waals surface area contributed by atoms with Crippen molar-refractivity contribution < 1.29 is 4.39 Å². The van der Waals surface area contributed by atoms with Gasteiger partial charge in [-0.15, -0.1) is 0 Å². The molecule has 18 heavy (non-hydrogen) atoms. The Kier molecular flexibility index (Phi) is 4.59. The maximum Gasteiger partial charge on any atom is 0.146 e. The van der Waals surface area contributed by atoms with E-state index in [1.165, 1.54) is 18.9 Å². The van der Waals surface area contributed by atoms with E-state index in [1.807, 2.05) is 24.1 Å². The van der Waals surface area contributed by atoms with Crippen LogP contribution in [0, 0.1) is 11.7 Å². The van der Waals surface area contributed by atoms with E-state index >= 15 is 0 Å². The van der Waals surface area contributed by atoms with Gasteiger partial charge >= 0.3 is 0 Å². The first-order chi connectivity index (χ1) is 8.72. The summed E-state index contributed by atoms with van der Waals surface area (Å²) >= 11 is 0. The number of nitrogens with one attached hydrogen (secondary N) is 1. The molecule has 1 aliphatic carbocycles. The van der Waals surface area contributed by atoms with Gasteiger partial charge in [0.2, 0.25) is 0 Å². The lowest BCUT2D eigenvalue weighted by Gasteiger charge is -2.27. The van der Waals surface area contributed by atoms with Gasteiger partial charge in [0.1, 0.15) is 5.82 Å². The van der Waals surface area contributed by atoms with Crippen molar-refractivity contribution in [3.63, 3.8) is 0 Å². The van der Waals surface area contributed by atoms with Gasteiger partial charge in [-0.3, -0.25) is 0 Å². The third-order valence-corrected chi connectivity index (χ3v) is 3.58. The van der Waals surface area contributed by atoms with Gasteiger partial charge in [0.15, 0.2) is 0 Å². The molecule has 1 saturated carbocycles. The van der Waals surface area contributed by atoms with Gasteiger partial charge in [-0.25, -0.2) is 4.39 Å². The molecule has 1 aromatic carbocycles. The van der Waals surface area contributed by atoms with Crippen molar-refractivity contribution in [2.24, 2.45) is 5.92 Å². The number of anilines is 1. The molecule has 2 nitrogen and oxygen atoms in total. The zero-order valence-electron chi connectivity index (χ0n) is 11.3. The predicted molar refractivity (Wildman–Crippen MR) is 74.5 cm³/mol. The van der Waals surface area contributed by atoms with Crippen LogP contribution in [-0.2, 0) is 0 Å². The highest BCUT2D eigenvalue weighted by atomic mass is 19.1. The highest BCUT2D eigenvalue weighted by Gasteiger charge is 2.31. The molecule has 0 heterocycles. The number of likely N-dealkylation sites (N-methyl/N-ethyl adjacent to an activating group) is 1. The molecule has 1 aliphatic rings. The summed E-state index contributed by atoms with van der Waals surface area (Å²) in [5, 5.41) is 3.59. The van der Waals surface area contributed by atoms with Crippen LogP contribution in [0.5, 0.6) is 0 Å². The standard InChI is InChI=1S/C15H23FN2/c1-3-10-17-14(12-8-9-12)11-18(2)15-7-5-4-6-13(15)16/h4-7,12,14,17H,3,8-11H2,1-2H3. The largest absolute Gasteiger partial charge is 0.371 e. The molecular formula is C15H23FN2. The first kappa shape index (κ1) is 13.3. The lowest BCUT2D eigenvalue weighted by atomic mass is 10.1. The Morgan fingerprint density at radius 3 is 2.72 bits per heavy atom. The van der Waals surface area contributed by atoms with Crippen molar-refractivity contribution in [2.75, 3.05) is 25.0 Å². The number of halogens is 1. The average Bonchev–Trinajstić information content (AvgIpc) is 3.19. The molecule has 0 bridgehead atoms. The van der Waals surface area contributed by atoms with E-state index in [2.05, 4.69) is 12.2 Å². The second kappa shape index (κ2) is 6.19. The number of benzene rings is 1. The van der Waals surface area contributed by atoms with Crippen LogP contribution in [0.4, 0.5) is 10.1 Å². The van der Waals surface area contributed by atoms with Crippen LogP contribution < -0.4 is 10.2 Å². The number of hydrogen-bond donors (Lipinski definition) is 1. The van der Waals surface area contributed by atoms with Gasteiger partial charge in [0.25, 0.3) is 0 Å². The number of rotatable bonds is 7. The van der Waals surface area contributed by atoms with Crippen molar-refractivity contribution in [1.82, 2.24) is 5.32 Å². The second-order valence-corrected chi connectivity index (χ2v) is 5.23. The van der Waals surface area contributed by atoms with Gasteiger partial charge in [0, 0.05) is 19.6 Å². The van der Waals surface area contributed by atoms with Crippen LogP contribution in [0.25, 0.3) is 0 Å². The van der Waals surface area contributed by atoms with Crippen LogP contribution >= 0.6 is 0 Å². The smallest absolute Gasteiger partial charge is 0.146 e. The Balaban J connectivity index is 1.96. The summed E-state index contributed by atoms with van der Waals surface area (Å²) in [7, 11) is 1.97. The summed E-state index contributed by atoms with van der Waals surface area (Å²) in [6.45, 7) is 4.11. The molecule has 3 heteroatoms. The molecule has 1 N–H and O–H groups in total. The Hall–Kier alpha value is -1.09. The van der Waals surface area contributed by atoms with Gasteiger partial charge in [0.05, 0.1) is 5.69 Å². The fourth-order valence-electron chi connectivity index (χ4n) is 2.36.